The molecule has 0 aliphatic heterocycles. The third-order valence-corrected chi connectivity index (χ3v) is 4.00. The standard InChI is InChI=1S/C18H16N2O5/c1-9-5-12-14(20-25-16(12)6-10(9)2)8-17(22)19-11-3-4-15(21)13(7-11)18(23)24/h3-7,21H,8H2,1-2H3,(H,19,22)(H,23,24). The molecule has 1 aromatic heterocycles. The van der Waals surface area contributed by atoms with Gasteiger partial charge >= 0.3 is 5.97 Å². The summed E-state index contributed by atoms with van der Waals surface area (Å²) in [5.74, 6) is -2.00. The van der Waals surface area contributed by atoms with Crippen molar-refractivity contribution in [3.8, 4) is 5.75 Å². The summed E-state index contributed by atoms with van der Waals surface area (Å²) in [5.41, 5.74) is 3.26. The van der Waals surface area contributed by atoms with Crippen molar-refractivity contribution in [1.82, 2.24) is 5.16 Å². The number of aryl methyl sites for hydroxylation is 2. The van der Waals surface area contributed by atoms with Crippen LogP contribution < -0.4 is 5.32 Å². The number of aromatic carboxylic acids is 1. The molecule has 1 heterocycles. The highest BCUT2D eigenvalue weighted by molar-refractivity contribution is 5.97. The second-order valence-corrected chi connectivity index (χ2v) is 5.82. The Labute approximate surface area is 142 Å². The Morgan fingerprint density at radius 3 is 2.60 bits per heavy atom. The molecule has 0 atom stereocenters. The first kappa shape index (κ1) is 16.5. The highest BCUT2D eigenvalue weighted by Crippen LogP contribution is 2.24. The van der Waals surface area contributed by atoms with E-state index in [1.165, 1.54) is 18.2 Å². The summed E-state index contributed by atoms with van der Waals surface area (Å²) >= 11 is 0. The molecular weight excluding hydrogens is 324 g/mol. The molecule has 0 saturated carbocycles. The molecule has 25 heavy (non-hydrogen) atoms. The number of nitrogens with zero attached hydrogens (tertiary/aromatic N) is 1. The normalized spacial score (nSPS) is 10.8. The van der Waals surface area contributed by atoms with Gasteiger partial charge in [0, 0.05) is 11.1 Å². The highest BCUT2D eigenvalue weighted by atomic mass is 16.5. The van der Waals surface area contributed by atoms with Crippen LogP contribution in [0.3, 0.4) is 0 Å². The quantitative estimate of drug-likeness (QED) is 0.629. The highest BCUT2D eigenvalue weighted by Gasteiger charge is 2.15. The number of hydrogen-bond donors (Lipinski definition) is 3. The zero-order chi connectivity index (χ0) is 18.1. The van der Waals surface area contributed by atoms with Gasteiger partial charge in [0.15, 0.2) is 5.58 Å². The lowest BCUT2D eigenvalue weighted by Crippen LogP contribution is -2.15. The fourth-order valence-electron chi connectivity index (χ4n) is 2.51. The van der Waals surface area contributed by atoms with Crippen LogP contribution in [0.15, 0.2) is 34.9 Å². The Morgan fingerprint density at radius 1 is 1.16 bits per heavy atom. The van der Waals surface area contributed by atoms with Gasteiger partial charge in [0.05, 0.1) is 6.42 Å². The first-order valence-electron chi connectivity index (χ1n) is 7.57. The summed E-state index contributed by atoms with van der Waals surface area (Å²) in [4.78, 5) is 23.3. The lowest BCUT2D eigenvalue weighted by Gasteiger charge is -2.06. The van der Waals surface area contributed by atoms with E-state index in [-0.39, 0.29) is 29.3 Å². The minimum atomic E-state index is -1.28. The number of carbonyl (C=O) groups excluding carboxylic acids is 1. The van der Waals surface area contributed by atoms with E-state index in [9.17, 15) is 14.7 Å². The van der Waals surface area contributed by atoms with Crippen LogP contribution in [0, 0.1) is 13.8 Å². The molecule has 7 heteroatoms. The van der Waals surface area contributed by atoms with E-state index in [0.717, 1.165) is 16.5 Å². The van der Waals surface area contributed by atoms with Crippen molar-refractivity contribution in [3.63, 3.8) is 0 Å². The molecular formula is C18H16N2O5. The first-order chi connectivity index (χ1) is 11.8. The van der Waals surface area contributed by atoms with Crippen molar-refractivity contribution in [3.05, 3.63) is 52.7 Å². The number of carboxylic acids is 1. The van der Waals surface area contributed by atoms with E-state index < -0.39 is 5.97 Å². The number of rotatable bonds is 4. The van der Waals surface area contributed by atoms with Crippen LogP contribution in [0.1, 0.15) is 27.2 Å². The van der Waals surface area contributed by atoms with Gasteiger partial charge in [-0.1, -0.05) is 5.16 Å². The number of carbonyl (C=O) groups is 2. The molecule has 0 unspecified atom stereocenters. The van der Waals surface area contributed by atoms with Gasteiger partial charge in [-0.05, 0) is 55.3 Å². The third-order valence-electron chi connectivity index (χ3n) is 4.00. The van der Waals surface area contributed by atoms with E-state index in [4.69, 9.17) is 9.63 Å². The Morgan fingerprint density at radius 2 is 1.88 bits per heavy atom. The molecule has 3 N–H and O–H groups in total. The van der Waals surface area contributed by atoms with Gasteiger partial charge in [0.2, 0.25) is 5.91 Å². The Kier molecular flexibility index (Phi) is 4.14. The van der Waals surface area contributed by atoms with Crippen molar-refractivity contribution in [2.75, 3.05) is 5.32 Å². The lowest BCUT2D eigenvalue weighted by atomic mass is 10.1. The summed E-state index contributed by atoms with van der Waals surface area (Å²) in [6.45, 7) is 3.93. The zero-order valence-corrected chi connectivity index (χ0v) is 13.7. The summed E-state index contributed by atoms with van der Waals surface area (Å²) in [5, 5.41) is 25.8. The van der Waals surface area contributed by atoms with Gasteiger partial charge in [0.1, 0.15) is 17.0 Å². The molecule has 3 aromatic rings. The van der Waals surface area contributed by atoms with E-state index in [2.05, 4.69) is 10.5 Å². The van der Waals surface area contributed by atoms with Crippen LogP contribution in [-0.2, 0) is 11.2 Å². The molecule has 0 aliphatic rings. The van der Waals surface area contributed by atoms with Gasteiger partial charge in [-0.3, -0.25) is 4.79 Å². The number of benzene rings is 2. The maximum Gasteiger partial charge on any atom is 0.339 e. The molecule has 0 saturated heterocycles. The van der Waals surface area contributed by atoms with E-state index >= 15 is 0 Å². The molecule has 128 valence electrons. The fraction of sp³-hybridized carbons (Fsp3) is 0.167. The average Bonchev–Trinajstić information content (AvgIpc) is 2.91. The van der Waals surface area contributed by atoms with Gasteiger partial charge in [-0.2, -0.15) is 0 Å². The average molecular weight is 340 g/mol. The predicted octanol–water partition coefficient (Wildman–Crippen LogP) is 3.03. The molecule has 0 spiro atoms. The molecule has 0 radical (unpaired) electrons. The second-order valence-electron chi connectivity index (χ2n) is 5.82. The van der Waals surface area contributed by atoms with Crippen molar-refractivity contribution in [2.45, 2.75) is 20.3 Å². The van der Waals surface area contributed by atoms with Crippen molar-refractivity contribution in [2.24, 2.45) is 0 Å². The summed E-state index contributed by atoms with van der Waals surface area (Å²) in [7, 11) is 0. The SMILES string of the molecule is Cc1cc2onc(CC(=O)Nc3ccc(O)c(C(=O)O)c3)c2cc1C. The summed E-state index contributed by atoms with van der Waals surface area (Å²) in [6.07, 6.45) is -0.0151. The minimum Gasteiger partial charge on any atom is -0.507 e. The number of phenols is 1. The molecule has 0 aliphatic carbocycles. The Balaban J connectivity index is 1.80. The largest absolute Gasteiger partial charge is 0.507 e. The number of aromatic nitrogens is 1. The number of carboxylic acid groups (broad SMARTS) is 1. The van der Waals surface area contributed by atoms with Crippen LogP contribution in [0.4, 0.5) is 5.69 Å². The van der Waals surface area contributed by atoms with Gasteiger partial charge in [0.25, 0.3) is 0 Å². The van der Waals surface area contributed by atoms with Crippen LogP contribution in [0.5, 0.6) is 5.75 Å². The number of nitrogens with one attached hydrogen (secondary N) is 1. The van der Waals surface area contributed by atoms with Gasteiger partial charge < -0.3 is 20.1 Å². The van der Waals surface area contributed by atoms with Gasteiger partial charge in [-0.25, -0.2) is 4.79 Å². The molecule has 0 bridgehead atoms. The topological polar surface area (TPSA) is 113 Å². The Hall–Kier alpha value is -3.35. The molecule has 1 amide bonds. The van der Waals surface area contributed by atoms with Crippen molar-refractivity contribution < 1.29 is 24.3 Å². The smallest absolute Gasteiger partial charge is 0.339 e. The molecule has 0 fully saturated rings. The number of fused-ring (bicyclic) bond motifs is 1. The fourth-order valence-corrected chi connectivity index (χ4v) is 2.51. The number of hydrogen-bond acceptors (Lipinski definition) is 5. The van der Waals surface area contributed by atoms with Gasteiger partial charge in [-0.15, -0.1) is 0 Å². The first-order valence-corrected chi connectivity index (χ1v) is 7.57. The monoisotopic (exact) mass is 340 g/mol. The van der Waals surface area contributed by atoms with E-state index in [0.29, 0.717) is 11.3 Å². The van der Waals surface area contributed by atoms with Crippen molar-refractivity contribution in [1.29, 1.82) is 0 Å². The van der Waals surface area contributed by atoms with E-state index in [1.54, 1.807) is 0 Å². The maximum absolute atomic E-state index is 12.2. The maximum atomic E-state index is 12.2. The van der Waals surface area contributed by atoms with Crippen molar-refractivity contribution >= 4 is 28.5 Å². The minimum absolute atomic E-state index is 0.0151. The number of amides is 1. The Bertz CT molecular complexity index is 991. The third kappa shape index (κ3) is 3.30. The van der Waals surface area contributed by atoms with Crippen LogP contribution in [-0.4, -0.2) is 27.2 Å². The zero-order valence-electron chi connectivity index (χ0n) is 13.7. The molecule has 2 aromatic carbocycles. The summed E-state index contributed by atoms with van der Waals surface area (Å²) < 4.78 is 5.26. The second kappa shape index (κ2) is 6.27. The summed E-state index contributed by atoms with van der Waals surface area (Å²) in [6, 6.07) is 7.64. The molecule has 3 rings (SSSR count). The van der Waals surface area contributed by atoms with Crippen LogP contribution >= 0.6 is 0 Å². The lowest BCUT2D eigenvalue weighted by molar-refractivity contribution is -0.115. The molecule has 7 nitrogen and oxygen atoms in total. The predicted molar refractivity (Wildman–Crippen MR) is 90.9 cm³/mol. The van der Waals surface area contributed by atoms with Crippen LogP contribution in [0.2, 0.25) is 0 Å². The number of anilines is 1. The number of aromatic hydroxyl groups is 1. The van der Waals surface area contributed by atoms with E-state index in [1.807, 2.05) is 26.0 Å². The van der Waals surface area contributed by atoms with Crippen LogP contribution in [0.25, 0.3) is 11.0 Å².